The molecule has 0 aliphatic heterocycles. The average Bonchev–Trinajstić information content (AvgIpc) is 2.82. The highest BCUT2D eigenvalue weighted by Gasteiger charge is 2.58. The summed E-state index contributed by atoms with van der Waals surface area (Å²) in [4.78, 5) is 12.4. The molecule has 0 bridgehead atoms. The van der Waals surface area contributed by atoms with Crippen molar-refractivity contribution in [1.82, 2.24) is 0 Å². The van der Waals surface area contributed by atoms with Crippen molar-refractivity contribution in [2.45, 2.75) is 71.3 Å². The summed E-state index contributed by atoms with van der Waals surface area (Å²) in [6, 6.07) is 0. The van der Waals surface area contributed by atoms with Gasteiger partial charge in [0.25, 0.3) is 0 Å². The van der Waals surface area contributed by atoms with E-state index >= 15 is 0 Å². The van der Waals surface area contributed by atoms with Gasteiger partial charge in [0.1, 0.15) is 5.78 Å². The molecular weight excluding hydrogens is 356 g/mol. The summed E-state index contributed by atoms with van der Waals surface area (Å²) in [6.07, 6.45) is 10.7. The second-order valence-electron chi connectivity index (χ2n) is 9.02. The van der Waals surface area contributed by atoms with Gasteiger partial charge in [-0.25, -0.2) is 0 Å². The van der Waals surface area contributed by atoms with Crippen LogP contribution in [0, 0.1) is 28.6 Å². The zero-order valence-corrected chi connectivity index (χ0v) is 16.3. The Hall–Kier alpha value is -0.760. The van der Waals surface area contributed by atoms with Crippen molar-refractivity contribution in [2.75, 3.05) is 0 Å². The predicted octanol–water partition coefficient (Wildman–Crippen LogP) is 3.23. The molecular formula is C19H30O6S. The molecule has 0 heterocycles. The van der Waals surface area contributed by atoms with Crippen LogP contribution in [0.3, 0.4) is 0 Å². The summed E-state index contributed by atoms with van der Waals surface area (Å²) in [5.41, 5.74) is 1.81. The smallest absolute Gasteiger partial charge is 0.393 e. The van der Waals surface area contributed by atoms with Crippen LogP contribution in [0.5, 0.6) is 0 Å². The van der Waals surface area contributed by atoms with Crippen molar-refractivity contribution in [3.8, 4) is 0 Å². The van der Waals surface area contributed by atoms with Crippen molar-refractivity contribution < 1.29 is 27.4 Å². The molecule has 0 aromatic heterocycles. The van der Waals surface area contributed by atoms with Gasteiger partial charge in [0.2, 0.25) is 0 Å². The van der Waals surface area contributed by atoms with Crippen molar-refractivity contribution in [3.05, 3.63) is 11.6 Å². The molecule has 3 saturated carbocycles. The third kappa shape index (κ3) is 3.51. The van der Waals surface area contributed by atoms with Gasteiger partial charge >= 0.3 is 10.4 Å². The Morgan fingerprint density at radius 1 is 1.04 bits per heavy atom. The lowest BCUT2D eigenvalue weighted by molar-refractivity contribution is -0.132. The maximum absolute atomic E-state index is 12.4. The van der Waals surface area contributed by atoms with E-state index in [1.54, 1.807) is 0 Å². The van der Waals surface area contributed by atoms with Crippen LogP contribution < -0.4 is 0 Å². The Labute approximate surface area is 155 Å². The lowest BCUT2D eigenvalue weighted by Crippen LogP contribution is -2.50. The molecule has 0 saturated heterocycles. The zero-order chi connectivity index (χ0) is 19.3. The first kappa shape index (κ1) is 20.0. The van der Waals surface area contributed by atoms with Gasteiger partial charge in [0.05, 0.1) is 6.10 Å². The van der Waals surface area contributed by atoms with Crippen LogP contribution in [0.4, 0.5) is 0 Å². The Bertz CT molecular complexity index is 706. The van der Waals surface area contributed by atoms with Gasteiger partial charge < -0.3 is 5.11 Å². The van der Waals surface area contributed by atoms with Gasteiger partial charge in [-0.15, -0.1) is 0 Å². The lowest BCUT2D eigenvalue weighted by Gasteiger charge is -2.56. The van der Waals surface area contributed by atoms with E-state index in [2.05, 4.69) is 19.9 Å². The van der Waals surface area contributed by atoms with E-state index in [1.807, 2.05) is 0 Å². The molecule has 4 aliphatic rings. The first-order valence-electron chi connectivity index (χ1n) is 9.56. The summed E-state index contributed by atoms with van der Waals surface area (Å²) in [6.45, 7) is 4.69. The van der Waals surface area contributed by atoms with Crippen LogP contribution in [-0.2, 0) is 15.2 Å². The first-order chi connectivity index (χ1) is 11.9. The minimum absolute atomic E-state index is 0.0168. The summed E-state index contributed by atoms with van der Waals surface area (Å²) < 4.78 is 31.6. The van der Waals surface area contributed by atoms with Crippen LogP contribution in [0.2, 0.25) is 0 Å². The standard InChI is InChI=1S/C19H28O2.H2O4S/c1-18-9-7-13(20)11-12(18)3-4-14-15-5-6-17(21)19(15,2)10-8-16(14)18;1-5(2,3)4/h3,13-16,20H,4-11H2,1-2H3;(H2,1,2,3,4)/t13?,14-,15-,16+,18-,19-;/m0./s1. The van der Waals surface area contributed by atoms with Gasteiger partial charge in [-0.1, -0.05) is 25.5 Å². The number of ketones is 1. The fourth-order valence-electron chi connectivity index (χ4n) is 6.41. The highest BCUT2D eigenvalue weighted by Crippen LogP contribution is 2.63. The predicted molar refractivity (Wildman–Crippen MR) is 96.9 cm³/mol. The SMILES string of the molecule is C[C@]12CCC(O)CC1=CC[C@@H]1[C@H]2CC[C@]2(C)C(=O)CC[C@@H]12.O=S(=O)(O)O. The summed E-state index contributed by atoms with van der Waals surface area (Å²) in [5.74, 6) is 2.60. The maximum atomic E-state index is 12.4. The molecule has 0 aromatic rings. The van der Waals surface area contributed by atoms with Crippen molar-refractivity contribution in [3.63, 3.8) is 0 Å². The molecule has 0 aromatic carbocycles. The van der Waals surface area contributed by atoms with E-state index < -0.39 is 10.4 Å². The van der Waals surface area contributed by atoms with Gasteiger partial charge in [0.15, 0.2) is 0 Å². The minimum Gasteiger partial charge on any atom is -0.393 e. The highest BCUT2D eigenvalue weighted by molar-refractivity contribution is 7.79. The molecule has 26 heavy (non-hydrogen) atoms. The molecule has 0 amide bonds. The normalized spacial score (nSPS) is 44.8. The molecule has 148 valence electrons. The van der Waals surface area contributed by atoms with Crippen LogP contribution >= 0.6 is 0 Å². The number of Topliss-reactive ketones (excluding diaryl/α,β-unsaturated/α-hetero) is 1. The number of aliphatic hydroxyl groups is 1. The summed E-state index contributed by atoms with van der Waals surface area (Å²) in [5, 5.41) is 10.00. The van der Waals surface area contributed by atoms with Crippen LogP contribution in [0.25, 0.3) is 0 Å². The van der Waals surface area contributed by atoms with Crippen molar-refractivity contribution in [1.29, 1.82) is 0 Å². The van der Waals surface area contributed by atoms with Crippen LogP contribution in [-0.4, -0.2) is 34.5 Å². The zero-order valence-electron chi connectivity index (χ0n) is 15.5. The average molecular weight is 387 g/mol. The fraction of sp³-hybridized carbons (Fsp3) is 0.842. The monoisotopic (exact) mass is 386 g/mol. The topological polar surface area (TPSA) is 112 Å². The van der Waals surface area contributed by atoms with Crippen LogP contribution in [0.15, 0.2) is 11.6 Å². The third-order valence-electron chi connectivity index (χ3n) is 7.79. The number of allylic oxidation sites excluding steroid dienone is 1. The molecule has 3 N–H and O–H groups in total. The third-order valence-corrected chi connectivity index (χ3v) is 7.79. The number of carbonyl (C=O) groups excluding carboxylic acids is 1. The maximum Gasteiger partial charge on any atom is 0.394 e. The van der Waals surface area contributed by atoms with E-state index in [-0.39, 0.29) is 11.5 Å². The number of carbonyl (C=O) groups is 1. The number of hydrogen-bond acceptors (Lipinski definition) is 4. The van der Waals surface area contributed by atoms with Gasteiger partial charge in [-0.05, 0) is 68.1 Å². The lowest BCUT2D eigenvalue weighted by atomic mass is 9.48. The van der Waals surface area contributed by atoms with E-state index in [1.165, 1.54) is 12.0 Å². The summed E-state index contributed by atoms with van der Waals surface area (Å²) >= 11 is 0. The van der Waals surface area contributed by atoms with Gasteiger partial charge in [-0.3, -0.25) is 13.9 Å². The van der Waals surface area contributed by atoms with E-state index in [0.717, 1.165) is 50.9 Å². The van der Waals surface area contributed by atoms with Gasteiger partial charge in [-0.2, -0.15) is 8.42 Å². The molecule has 3 fully saturated rings. The van der Waals surface area contributed by atoms with E-state index in [4.69, 9.17) is 17.5 Å². The molecule has 1 unspecified atom stereocenters. The molecule has 6 atom stereocenters. The van der Waals surface area contributed by atoms with Gasteiger partial charge in [0, 0.05) is 11.8 Å². The highest BCUT2D eigenvalue weighted by atomic mass is 32.3. The summed E-state index contributed by atoms with van der Waals surface area (Å²) in [7, 11) is -4.67. The molecule has 0 radical (unpaired) electrons. The molecule has 6 nitrogen and oxygen atoms in total. The van der Waals surface area contributed by atoms with Crippen LogP contribution in [0.1, 0.15) is 65.2 Å². The number of hydrogen-bond donors (Lipinski definition) is 3. The molecule has 0 spiro atoms. The Kier molecular flexibility index (Phi) is 5.14. The Balaban J connectivity index is 0.000000349. The Morgan fingerprint density at radius 3 is 2.27 bits per heavy atom. The van der Waals surface area contributed by atoms with E-state index in [9.17, 15) is 9.90 Å². The van der Waals surface area contributed by atoms with Crippen molar-refractivity contribution >= 4 is 16.2 Å². The molecule has 4 aliphatic carbocycles. The second-order valence-corrected chi connectivity index (χ2v) is 9.92. The second kappa shape index (κ2) is 6.69. The van der Waals surface area contributed by atoms with Crippen molar-refractivity contribution in [2.24, 2.45) is 28.6 Å². The minimum atomic E-state index is -4.67. The Morgan fingerprint density at radius 2 is 1.62 bits per heavy atom. The number of aliphatic hydroxyl groups excluding tert-OH is 1. The number of fused-ring (bicyclic) bond motifs is 5. The molecule has 7 heteroatoms. The number of rotatable bonds is 0. The first-order valence-corrected chi connectivity index (χ1v) is 11.0. The largest absolute Gasteiger partial charge is 0.394 e. The fourth-order valence-corrected chi connectivity index (χ4v) is 6.41. The quantitative estimate of drug-likeness (QED) is 0.435. The van der Waals surface area contributed by atoms with E-state index in [0.29, 0.717) is 23.0 Å². The molecule has 4 rings (SSSR count).